The highest BCUT2D eigenvalue weighted by Crippen LogP contribution is 2.52. The summed E-state index contributed by atoms with van der Waals surface area (Å²) in [4.78, 5) is 15.7. The van der Waals surface area contributed by atoms with Gasteiger partial charge in [-0.3, -0.25) is 4.90 Å². The Morgan fingerprint density at radius 3 is 1.70 bits per heavy atom. The molecule has 0 spiro atoms. The maximum Gasteiger partial charge on any atom is 0.412 e. The molecule has 0 saturated carbocycles. The fourth-order valence-corrected chi connectivity index (χ4v) is 34.9. The van der Waals surface area contributed by atoms with Crippen LogP contribution in [0.1, 0.15) is 168 Å². The predicted molar refractivity (Wildman–Crippen MR) is 483 cm³/mol. The van der Waals surface area contributed by atoms with Crippen molar-refractivity contribution in [2.24, 2.45) is 11.8 Å². The van der Waals surface area contributed by atoms with E-state index in [-0.39, 0.29) is 54.9 Å². The number of aliphatic hydroxyl groups excluding tert-OH is 1. The molecule has 120 heavy (non-hydrogen) atoms. The van der Waals surface area contributed by atoms with Gasteiger partial charge in [-0.25, -0.2) is 13.2 Å². The van der Waals surface area contributed by atoms with Crippen LogP contribution in [0.3, 0.4) is 0 Å². The summed E-state index contributed by atoms with van der Waals surface area (Å²) in [5, 5.41) is 15.9. The molecule has 18 nitrogen and oxygen atoms in total. The largest absolute Gasteiger partial charge is 0.444 e. The lowest BCUT2D eigenvalue weighted by atomic mass is 9.80. The number of rotatable bonds is 35. The van der Waals surface area contributed by atoms with E-state index >= 15 is 8.42 Å². The van der Waals surface area contributed by atoms with Gasteiger partial charge in [-0.05, 0) is 145 Å². The lowest BCUT2D eigenvalue weighted by Gasteiger charge is -2.53. The van der Waals surface area contributed by atoms with E-state index in [0.717, 1.165) is 56.4 Å². The van der Waals surface area contributed by atoms with E-state index in [2.05, 4.69) is 198 Å². The molecule has 7 heterocycles. The van der Waals surface area contributed by atoms with E-state index in [0.29, 0.717) is 51.7 Å². The molecule has 7 aliphatic heterocycles. The van der Waals surface area contributed by atoms with E-state index in [1.165, 1.54) is 0 Å². The number of carbonyl (C=O) groups is 1. The number of hydrogen-bond acceptors (Lipinski definition) is 17. The molecule has 6 unspecified atom stereocenters. The summed E-state index contributed by atoms with van der Waals surface area (Å²) >= 11 is 0. The van der Waals surface area contributed by atoms with Crippen LogP contribution in [0.25, 0.3) is 0 Å². The third-order valence-corrected chi connectivity index (χ3v) is 43.7. The highest BCUT2D eigenvalue weighted by atomic mass is 32.2. The van der Waals surface area contributed by atoms with E-state index in [1.807, 2.05) is 65.0 Å². The molecule has 1 amide bonds. The van der Waals surface area contributed by atoms with E-state index in [4.69, 9.17) is 67.2 Å². The van der Waals surface area contributed by atoms with Crippen molar-refractivity contribution < 1.29 is 79.0 Å². The predicted octanol–water partition coefficient (Wildman–Crippen LogP) is 16.7. The van der Waals surface area contributed by atoms with Crippen LogP contribution in [0.5, 0.6) is 0 Å². The Morgan fingerprint density at radius 2 is 1.18 bits per heavy atom. The summed E-state index contributed by atoms with van der Waals surface area (Å²) in [6, 6.07) is 54.0. The van der Waals surface area contributed by atoms with Crippen LogP contribution in [0, 0.1) is 11.8 Å². The molecule has 5 aromatic rings. The maximum atomic E-state index is 16.6. The second-order valence-corrected chi connectivity index (χ2v) is 53.5. The zero-order chi connectivity index (χ0) is 86.3. The van der Waals surface area contributed by atoms with Crippen LogP contribution in [-0.2, 0) is 70.5 Å². The Balaban J connectivity index is 0.945. The van der Waals surface area contributed by atoms with Crippen LogP contribution in [0.4, 0.5) is 4.79 Å². The summed E-state index contributed by atoms with van der Waals surface area (Å²) in [7, 11) is -12.2. The first-order chi connectivity index (χ1) is 57.1. The van der Waals surface area contributed by atoms with Crippen molar-refractivity contribution in [1.29, 1.82) is 0 Å². The van der Waals surface area contributed by atoms with Gasteiger partial charge in [0.15, 0.2) is 18.2 Å². The smallest absolute Gasteiger partial charge is 0.412 e. The van der Waals surface area contributed by atoms with E-state index in [9.17, 15) is 9.90 Å². The number of benzene rings is 5. The average molecular weight is 1720 g/mol. The number of fused-ring (bicyclic) bond motifs is 2. The minimum Gasteiger partial charge on any atom is -0.444 e. The van der Waals surface area contributed by atoms with Crippen LogP contribution < -0.4 is 20.7 Å². The monoisotopic (exact) mass is 1720 g/mol. The third kappa shape index (κ3) is 20.3. The first-order valence-electron chi connectivity index (χ1n) is 44.3. The second kappa shape index (κ2) is 39.4. The molecule has 0 bridgehead atoms. The molecule has 0 aromatic heterocycles. The van der Waals surface area contributed by atoms with Crippen molar-refractivity contribution in [2.75, 3.05) is 26.9 Å². The van der Waals surface area contributed by atoms with Crippen molar-refractivity contribution >= 4 is 61.6 Å². The first kappa shape index (κ1) is 93.3. The fourth-order valence-electron chi connectivity index (χ4n) is 20.5. The Kier molecular flexibility index (Phi) is 30.6. The van der Waals surface area contributed by atoms with Crippen LogP contribution >= 0.6 is 0 Å². The molecule has 7 aliphatic rings. The highest BCUT2D eigenvalue weighted by molar-refractivity contribution is 7.92. The maximum absolute atomic E-state index is 16.6. The van der Waals surface area contributed by atoms with Crippen molar-refractivity contribution in [3.8, 4) is 0 Å². The van der Waals surface area contributed by atoms with E-state index in [1.54, 1.807) is 48.4 Å². The van der Waals surface area contributed by atoms with Gasteiger partial charge < -0.3 is 65.8 Å². The number of nitrogens with zero attached hydrogens (tertiary/aromatic N) is 1. The average Bonchev–Trinajstić information content (AvgIpc) is 1.32. The van der Waals surface area contributed by atoms with Gasteiger partial charge in [-0.15, -0.1) is 13.2 Å². The van der Waals surface area contributed by atoms with Gasteiger partial charge in [-0.1, -0.05) is 246 Å². The highest BCUT2D eigenvalue weighted by Gasteiger charge is 2.66. The number of amides is 1. The third-order valence-electron chi connectivity index (χ3n) is 26.7. The second-order valence-electron chi connectivity index (χ2n) is 38.1. The zero-order valence-electron chi connectivity index (χ0n) is 74.3. The van der Waals surface area contributed by atoms with Gasteiger partial charge in [0.25, 0.3) is 16.6 Å². The lowest BCUT2D eigenvalue weighted by molar-refractivity contribution is -0.257. The Hall–Kier alpha value is -5.85. The molecule has 656 valence electrons. The van der Waals surface area contributed by atoms with Gasteiger partial charge in [0, 0.05) is 45.1 Å². The van der Waals surface area contributed by atoms with Crippen LogP contribution in [0.2, 0.25) is 28.2 Å². The number of ether oxygens (including phenoxy) is 10. The quantitative estimate of drug-likeness (QED) is 0.0228. The van der Waals surface area contributed by atoms with Crippen molar-refractivity contribution in [1.82, 2.24) is 4.90 Å². The molecule has 12 rings (SSSR count). The Bertz CT molecular complexity index is 4240. The molecular formula is C98H139NO17SSi3. The molecule has 7 fully saturated rings. The molecule has 21 atom stereocenters. The molecule has 0 aliphatic carbocycles. The van der Waals surface area contributed by atoms with Gasteiger partial charge in [0.2, 0.25) is 0 Å². The van der Waals surface area contributed by atoms with Crippen molar-refractivity contribution in [3.63, 3.8) is 0 Å². The van der Waals surface area contributed by atoms with Gasteiger partial charge in [-0.2, -0.15) is 0 Å². The minimum absolute atomic E-state index is 0.0216. The summed E-state index contributed by atoms with van der Waals surface area (Å²) in [6.07, 6.45) is -0.675. The van der Waals surface area contributed by atoms with Crippen molar-refractivity contribution in [3.05, 3.63) is 213 Å². The van der Waals surface area contributed by atoms with Crippen LogP contribution in [-0.4, -0.2) is 203 Å². The summed E-state index contributed by atoms with van der Waals surface area (Å²) in [5.41, 5.74) is 0.0366. The number of aliphatic hydroxyl groups is 1. The number of hydrogen-bond donors (Lipinski definition) is 1. The minimum atomic E-state index is -4.54. The fraction of sp³-hybridized carbons (Fsp3) is 0.582. The molecule has 5 aromatic carbocycles. The summed E-state index contributed by atoms with van der Waals surface area (Å²) < 4.78 is 128. The molecule has 22 heteroatoms. The van der Waals surface area contributed by atoms with Crippen LogP contribution in [0.15, 0.2) is 218 Å². The number of carbonyl (C=O) groups excluding carboxylic acids is 1. The normalized spacial score (nSPS) is 29.6. The molecule has 1 N–H and O–H groups in total. The van der Waals surface area contributed by atoms with Gasteiger partial charge >= 0.3 is 6.09 Å². The molecule has 0 radical (unpaired) electrons. The van der Waals surface area contributed by atoms with E-state index < -0.39 is 165 Å². The molecule has 7 saturated heterocycles. The Labute approximate surface area is 720 Å². The summed E-state index contributed by atoms with van der Waals surface area (Å²) in [6.45, 7) is 50.3. The van der Waals surface area contributed by atoms with Gasteiger partial charge in [0.05, 0.1) is 109 Å². The zero-order valence-corrected chi connectivity index (χ0v) is 78.2. The Morgan fingerprint density at radius 1 is 0.625 bits per heavy atom. The number of methoxy groups -OCH3 is 1. The number of sulfone groups is 1. The molecular weight excluding hydrogens is 1580 g/mol. The SMILES string of the molecule is C=CCOC/C=C/[C@H]1CC(=C)[C@H](CCC2C[C@@H](C)C(=C)[C@@H](C[C@@H]3O[C@H](C[C@H]4CN(C(=O)OC(C)(C)C)C(C)(C)O4)[C@H](OC)[C@H]3C(C(O)C[C@H]3CCC4O[C@H]5[C@@H](O[Si](c6ccccc6)(c6ccccc6)C(C)(C)C)[C@@H](CC(C=C)O[Si](CC)(CC)CC)O[C@H]5C(O[Si](c5ccccc5)(c5ccccc5)C(C)(C)C)[C@H]4O3)S(=O)(=O)c3ccccc3)O2)O1. The van der Waals surface area contributed by atoms with Crippen molar-refractivity contribution in [2.45, 2.75) is 328 Å². The standard InChI is InChI=1S/C98H139NO17SSi3/c1-21-57-105-58-41-42-70-60-67(7)80(106-70)55-53-71-59-66(6)68(8)82(107-71)64-83-86(87(104-20)84(109-83)63-73-65-99(98(18,19)112-73)94(101)113-95(9,10)11)93(117(102,103)74-43-31-26-32-44-74)79(100)61-72-54-56-81-88(108-72)92(116-120(97(15,16)17,77-49-37-29-38-50-77)78-51-39-30-40-52-78)91-90(110-81)89(85(111-91)62-69(22-2)114-118(23-3,24-4)25-5)115-119(96(12,13)14,75-45-33-27-34-46-75)76-47-35-28-36-48-76/h21-22,26-52,66,69-73,79-93,100H,1-2,7-8,23-25,53-65H2,3-6,9-20H3/b42-41+/t66-,69?,70+,71?,72-,73+,79?,80+,81?,82-,83+,84-,85-,86+,87+,88+,89+,90+,91-,92?,93?/m1/s1. The summed E-state index contributed by atoms with van der Waals surface area (Å²) in [5.74, 6) is -1.01. The van der Waals surface area contributed by atoms with Gasteiger partial charge in [0.1, 0.15) is 41.8 Å². The lowest BCUT2D eigenvalue weighted by Crippen LogP contribution is -2.73. The first-order valence-corrected chi connectivity index (χ1v) is 52.2. The topological polar surface area (TPSA) is 195 Å².